The van der Waals surface area contributed by atoms with Crippen LogP contribution in [0.4, 0.5) is 20.6 Å². The molecule has 5 aromatic rings. The highest BCUT2D eigenvalue weighted by Gasteiger charge is 2.16. The number of carbonyl (C=O) groups is 1. The van der Waals surface area contributed by atoms with Gasteiger partial charge in [-0.3, -0.25) is 9.08 Å². The summed E-state index contributed by atoms with van der Waals surface area (Å²) in [5.41, 5.74) is 5.44. The number of hydrogen-bond donors (Lipinski definition) is 3. The number of ether oxygens (including phenoxy) is 1. The Kier molecular flexibility index (Phi) is 7.04. The van der Waals surface area contributed by atoms with Gasteiger partial charge in [-0.25, -0.2) is 14.8 Å². The number of rotatable bonds is 9. The van der Waals surface area contributed by atoms with E-state index in [2.05, 4.69) is 39.0 Å². The number of nitrogens with zero attached hydrogens (tertiary/aromatic N) is 5. The van der Waals surface area contributed by atoms with Gasteiger partial charge in [0.2, 0.25) is 0 Å². The lowest BCUT2D eigenvalue weighted by Gasteiger charge is -2.11. The molecule has 0 radical (unpaired) electrons. The van der Waals surface area contributed by atoms with E-state index in [1.807, 2.05) is 73.6 Å². The largest absolute Gasteiger partial charge is 0.445 e. The molecule has 0 spiro atoms. The fraction of sp³-hybridized carbons (Fsp3) is 0.231. The summed E-state index contributed by atoms with van der Waals surface area (Å²) in [7, 11) is 3.79. The summed E-state index contributed by atoms with van der Waals surface area (Å²) in [6.07, 6.45) is 7.58. The van der Waals surface area contributed by atoms with E-state index in [1.54, 1.807) is 16.0 Å². The second-order valence-electron chi connectivity index (χ2n) is 8.56. The van der Waals surface area contributed by atoms with Crippen LogP contribution in [-0.4, -0.2) is 43.8 Å². The van der Waals surface area contributed by atoms with Crippen LogP contribution in [-0.2, 0) is 24.8 Å². The van der Waals surface area contributed by atoms with Crippen molar-refractivity contribution in [2.45, 2.75) is 20.0 Å². The summed E-state index contributed by atoms with van der Waals surface area (Å²) in [6, 6.07) is 11.7. The van der Waals surface area contributed by atoms with Gasteiger partial charge in [0.25, 0.3) is 0 Å². The van der Waals surface area contributed by atoms with Gasteiger partial charge >= 0.3 is 6.09 Å². The van der Waals surface area contributed by atoms with Gasteiger partial charge in [-0.15, -0.1) is 11.3 Å². The van der Waals surface area contributed by atoms with E-state index in [0.717, 1.165) is 38.1 Å². The summed E-state index contributed by atoms with van der Waals surface area (Å²) in [5.74, 6) is 0.642. The van der Waals surface area contributed by atoms with Crippen molar-refractivity contribution in [2.24, 2.45) is 7.05 Å². The zero-order chi connectivity index (χ0) is 25.8. The molecule has 11 heteroatoms. The molecule has 190 valence electrons. The predicted molar refractivity (Wildman–Crippen MR) is 145 cm³/mol. The van der Waals surface area contributed by atoms with Crippen LogP contribution >= 0.6 is 11.3 Å². The number of anilines is 3. The fourth-order valence-corrected chi connectivity index (χ4v) is 4.91. The smallest absolute Gasteiger partial charge is 0.407 e. The van der Waals surface area contributed by atoms with Crippen LogP contribution in [0.15, 0.2) is 61.2 Å². The average Bonchev–Trinajstić information content (AvgIpc) is 3.61. The van der Waals surface area contributed by atoms with Crippen molar-refractivity contribution in [3.05, 3.63) is 78.0 Å². The summed E-state index contributed by atoms with van der Waals surface area (Å²) in [5, 5.41) is 15.8. The number of aryl methyl sites for hydroxylation is 2. The van der Waals surface area contributed by atoms with E-state index in [4.69, 9.17) is 9.72 Å². The molecule has 0 fully saturated rings. The Balaban J connectivity index is 1.36. The number of aromatic nitrogens is 5. The van der Waals surface area contributed by atoms with Crippen molar-refractivity contribution < 1.29 is 9.53 Å². The molecule has 37 heavy (non-hydrogen) atoms. The van der Waals surface area contributed by atoms with Crippen LogP contribution in [0, 0.1) is 6.92 Å². The molecule has 0 aliphatic carbocycles. The number of alkyl carbamates (subject to hydrolysis) is 1. The molecule has 0 atom stereocenters. The average molecular weight is 517 g/mol. The quantitative estimate of drug-likeness (QED) is 0.259. The third-order valence-electron chi connectivity index (χ3n) is 5.79. The van der Waals surface area contributed by atoms with Crippen LogP contribution in [0.25, 0.3) is 16.9 Å². The number of amides is 1. The minimum Gasteiger partial charge on any atom is -0.445 e. The molecule has 4 heterocycles. The second-order valence-corrected chi connectivity index (χ2v) is 9.61. The highest BCUT2D eigenvalue weighted by molar-refractivity contribution is 7.20. The Labute approximate surface area is 218 Å². The molecule has 1 amide bonds. The summed E-state index contributed by atoms with van der Waals surface area (Å²) >= 11 is 1.61. The zero-order valence-electron chi connectivity index (χ0n) is 20.9. The molecular formula is C26H28N8O2S. The van der Waals surface area contributed by atoms with E-state index in [0.29, 0.717) is 24.4 Å². The SMILES string of the molecule is CNc1sc(Nc2nc(CCNC(=O)OCc3ccccc3)cn3c(-c4cnn(C)c4)cnc23)cc1C. The molecule has 5 rings (SSSR count). The van der Waals surface area contributed by atoms with Crippen LogP contribution in [0.3, 0.4) is 0 Å². The lowest BCUT2D eigenvalue weighted by Crippen LogP contribution is -2.26. The van der Waals surface area contributed by atoms with Gasteiger partial charge in [0.1, 0.15) is 6.61 Å². The molecule has 10 nitrogen and oxygen atoms in total. The van der Waals surface area contributed by atoms with Gasteiger partial charge in [-0.05, 0) is 24.1 Å². The first-order valence-electron chi connectivity index (χ1n) is 11.9. The number of nitrogens with one attached hydrogen (secondary N) is 3. The van der Waals surface area contributed by atoms with Crippen molar-refractivity contribution in [3.63, 3.8) is 0 Å². The van der Waals surface area contributed by atoms with Gasteiger partial charge < -0.3 is 20.7 Å². The second kappa shape index (κ2) is 10.7. The van der Waals surface area contributed by atoms with Crippen molar-refractivity contribution in [3.8, 4) is 11.3 Å². The maximum Gasteiger partial charge on any atom is 0.407 e. The molecule has 0 aliphatic heterocycles. The van der Waals surface area contributed by atoms with E-state index in [-0.39, 0.29) is 6.61 Å². The first-order chi connectivity index (χ1) is 18.0. The molecule has 0 aliphatic rings. The van der Waals surface area contributed by atoms with E-state index < -0.39 is 6.09 Å². The normalized spacial score (nSPS) is 11.0. The van der Waals surface area contributed by atoms with E-state index >= 15 is 0 Å². The van der Waals surface area contributed by atoms with Gasteiger partial charge in [-0.2, -0.15) is 5.10 Å². The van der Waals surface area contributed by atoms with Gasteiger partial charge in [0.15, 0.2) is 11.5 Å². The lowest BCUT2D eigenvalue weighted by molar-refractivity contribution is 0.140. The Bertz CT molecular complexity index is 1520. The van der Waals surface area contributed by atoms with E-state index in [1.165, 1.54) is 0 Å². The number of hydrogen-bond acceptors (Lipinski definition) is 8. The fourth-order valence-electron chi connectivity index (χ4n) is 3.98. The molecule has 0 bridgehead atoms. The van der Waals surface area contributed by atoms with Gasteiger partial charge in [0.05, 0.1) is 33.8 Å². The number of fused-ring (bicyclic) bond motifs is 1. The number of carbonyl (C=O) groups excluding carboxylic acids is 1. The third-order valence-corrected chi connectivity index (χ3v) is 6.96. The van der Waals surface area contributed by atoms with Crippen LogP contribution < -0.4 is 16.0 Å². The highest BCUT2D eigenvalue weighted by Crippen LogP contribution is 2.34. The first-order valence-corrected chi connectivity index (χ1v) is 12.7. The van der Waals surface area contributed by atoms with Gasteiger partial charge in [-0.1, -0.05) is 30.3 Å². The summed E-state index contributed by atoms with van der Waals surface area (Å²) in [4.78, 5) is 21.7. The van der Waals surface area contributed by atoms with Crippen molar-refractivity contribution in [1.29, 1.82) is 0 Å². The van der Waals surface area contributed by atoms with Crippen molar-refractivity contribution in [1.82, 2.24) is 29.5 Å². The van der Waals surface area contributed by atoms with Crippen molar-refractivity contribution in [2.75, 3.05) is 24.2 Å². The zero-order valence-corrected chi connectivity index (χ0v) is 21.7. The number of imidazole rings is 1. The lowest BCUT2D eigenvalue weighted by atomic mass is 10.2. The maximum atomic E-state index is 12.2. The van der Waals surface area contributed by atoms with Crippen LogP contribution in [0.1, 0.15) is 16.8 Å². The Morgan fingerprint density at radius 3 is 2.73 bits per heavy atom. The maximum absolute atomic E-state index is 12.2. The predicted octanol–water partition coefficient (Wildman–Crippen LogP) is 4.75. The third kappa shape index (κ3) is 5.56. The first kappa shape index (κ1) is 24.3. The molecule has 4 aromatic heterocycles. The molecule has 1 aromatic carbocycles. The number of thiophene rings is 1. The highest BCUT2D eigenvalue weighted by atomic mass is 32.1. The topological polar surface area (TPSA) is 110 Å². The minimum atomic E-state index is -0.462. The Morgan fingerprint density at radius 2 is 2.00 bits per heavy atom. The van der Waals surface area contributed by atoms with Crippen LogP contribution in [0.5, 0.6) is 0 Å². The standard InChI is InChI=1S/C26H28N8O2S/c1-17-11-22(37-25(17)27-2)32-23-24-29-13-21(19-12-30-33(3)14-19)34(24)15-20(31-23)9-10-28-26(35)36-16-18-7-5-4-6-8-18/h4-8,11-15,27H,9-10,16H2,1-3H3,(H,28,35)(H,31,32). The van der Waals surface area contributed by atoms with Crippen LogP contribution in [0.2, 0.25) is 0 Å². The molecule has 0 unspecified atom stereocenters. The molecule has 3 N–H and O–H groups in total. The number of benzene rings is 1. The molecule has 0 saturated carbocycles. The Hall–Kier alpha value is -4.38. The van der Waals surface area contributed by atoms with Crippen molar-refractivity contribution >= 4 is 38.9 Å². The summed E-state index contributed by atoms with van der Waals surface area (Å²) < 4.78 is 9.09. The molecule has 0 saturated heterocycles. The monoisotopic (exact) mass is 516 g/mol. The van der Waals surface area contributed by atoms with Gasteiger partial charge in [0, 0.05) is 45.0 Å². The molecular weight excluding hydrogens is 488 g/mol. The van der Waals surface area contributed by atoms with E-state index in [9.17, 15) is 4.79 Å². The Morgan fingerprint density at radius 1 is 1.16 bits per heavy atom. The minimum absolute atomic E-state index is 0.225. The summed E-state index contributed by atoms with van der Waals surface area (Å²) in [6.45, 7) is 2.67.